The van der Waals surface area contributed by atoms with Crippen molar-refractivity contribution >= 4 is 18.3 Å². The average Bonchev–Trinajstić information content (AvgIpc) is 2.39. The van der Waals surface area contributed by atoms with E-state index in [1.54, 1.807) is 0 Å². The van der Waals surface area contributed by atoms with Crippen LogP contribution in [0.2, 0.25) is 0 Å². The Morgan fingerprint density at radius 1 is 1.25 bits per heavy atom. The molecule has 2 rings (SSSR count). The lowest BCUT2D eigenvalue weighted by Gasteiger charge is -2.23. The highest BCUT2D eigenvalue weighted by atomic mass is 35.5. The van der Waals surface area contributed by atoms with Gasteiger partial charge in [-0.3, -0.25) is 4.79 Å². The molecule has 1 aromatic rings. The molecule has 1 fully saturated rings. The van der Waals surface area contributed by atoms with Gasteiger partial charge in [-0.15, -0.1) is 12.4 Å². The van der Waals surface area contributed by atoms with E-state index >= 15 is 0 Å². The third kappa shape index (κ3) is 4.38. The van der Waals surface area contributed by atoms with Crippen LogP contribution in [0.15, 0.2) is 24.3 Å². The predicted octanol–water partition coefficient (Wildman–Crippen LogP) is 2.61. The van der Waals surface area contributed by atoms with E-state index in [2.05, 4.69) is 10.6 Å². The highest BCUT2D eigenvalue weighted by Gasteiger charge is 2.30. The first-order valence-corrected chi connectivity index (χ1v) is 6.15. The number of halogens is 4. The van der Waals surface area contributed by atoms with Crippen LogP contribution >= 0.6 is 12.4 Å². The van der Waals surface area contributed by atoms with Crippen molar-refractivity contribution in [3.63, 3.8) is 0 Å². The van der Waals surface area contributed by atoms with Gasteiger partial charge >= 0.3 is 6.18 Å². The van der Waals surface area contributed by atoms with Gasteiger partial charge in [0.05, 0.1) is 5.56 Å². The molecule has 0 bridgehead atoms. The molecule has 1 amide bonds. The SMILES string of the molecule is Cl.O=C(NC1CCCNC1)c1ccc(C(F)(F)F)cc1. The van der Waals surface area contributed by atoms with Crippen molar-refractivity contribution in [2.75, 3.05) is 13.1 Å². The summed E-state index contributed by atoms with van der Waals surface area (Å²) in [6, 6.07) is 4.30. The van der Waals surface area contributed by atoms with Crippen LogP contribution in [0.1, 0.15) is 28.8 Å². The van der Waals surface area contributed by atoms with Gasteiger partial charge in [0, 0.05) is 18.2 Å². The number of carbonyl (C=O) groups is 1. The minimum Gasteiger partial charge on any atom is -0.348 e. The Kier molecular flexibility index (Phi) is 5.83. The normalized spacial score (nSPS) is 19.1. The first-order chi connectivity index (χ1) is 8.97. The molecule has 2 N–H and O–H groups in total. The van der Waals surface area contributed by atoms with E-state index in [0.717, 1.165) is 31.5 Å². The quantitative estimate of drug-likeness (QED) is 0.882. The molecule has 0 aliphatic carbocycles. The van der Waals surface area contributed by atoms with E-state index in [1.165, 1.54) is 12.1 Å². The molecule has 3 nitrogen and oxygen atoms in total. The summed E-state index contributed by atoms with van der Waals surface area (Å²) in [7, 11) is 0. The molecule has 1 aliphatic rings. The monoisotopic (exact) mass is 308 g/mol. The van der Waals surface area contributed by atoms with Crippen LogP contribution in [-0.2, 0) is 6.18 Å². The minimum atomic E-state index is -4.37. The lowest BCUT2D eigenvalue weighted by molar-refractivity contribution is -0.137. The Morgan fingerprint density at radius 2 is 1.90 bits per heavy atom. The van der Waals surface area contributed by atoms with Gasteiger partial charge in [0.25, 0.3) is 5.91 Å². The number of nitrogens with one attached hydrogen (secondary N) is 2. The second-order valence-corrected chi connectivity index (χ2v) is 4.59. The van der Waals surface area contributed by atoms with Crippen molar-refractivity contribution in [3.05, 3.63) is 35.4 Å². The maximum atomic E-state index is 12.4. The number of hydrogen-bond donors (Lipinski definition) is 2. The van der Waals surface area contributed by atoms with Crippen molar-refractivity contribution in [2.45, 2.75) is 25.1 Å². The number of hydrogen-bond acceptors (Lipinski definition) is 2. The lowest BCUT2D eigenvalue weighted by atomic mass is 10.1. The Bertz CT molecular complexity index is 442. The molecular formula is C13H16ClF3N2O. The number of piperidine rings is 1. The summed E-state index contributed by atoms with van der Waals surface area (Å²) in [6.45, 7) is 1.64. The van der Waals surface area contributed by atoms with E-state index in [4.69, 9.17) is 0 Å². The Labute approximate surface area is 121 Å². The van der Waals surface area contributed by atoms with E-state index in [1.807, 2.05) is 0 Å². The molecule has 0 spiro atoms. The minimum absolute atomic E-state index is 0. The molecule has 20 heavy (non-hydrogen) atoms. The third-order valence-corrected chi connectivity index (χ3v) is 3.11. The topological polar surface area (TPSA) is 41.1 Å². The fourth-order valence-corrected chi connectivity index (χ4v) is 2.05. The number of amides is 1. The largest absolute Gasteiger partial charge is 0.416 e. The molecule has 112 valence electrons. The molecule has 1 heterocycles. The average molecular weight is 309 g/mol. The van der Waals surface area contributed by atoms with Crippen LogP contribution in [-0.4, -0.2) is 25.0 Å². The first-order valence-electron chi connectivity index (χ1n) is 6.15. The zero-order valence-corrected chi connectivity index (χ0v) is 11.5. The molecule has 1 unspecified atom stereocenters. The maximum Gasteiger partial charge on any atom is 0.416 e. The summed E-state index contributed by atoms with van der Waals surface area (Å²) in [5.41, 5.74) is -0.498. The molecule has 7 heteroatoms. The van der Waals surface area contributed by atoms with E-state index in [0.29, 0.717) is 6.54 Å². The zero-order valence-electron chi connectivity index (χ0n) is 10.7. The Balaban J connectivity index is 0.00000200. The Morgan fingerprint density at radius 3 is 2.40 bits per heavy atom. The molecule has 1 atom stereocenters. The number of rotatable bonds is 2. The third-order valence-electron chi connectivity index (χ3n) is 3.11. The predicted molar refractivity (Wildman–Crippen MR) is 72.0 cm³/mol. The fraction of sp³-hybridized carbons (Fsp3) is 0.462. The number of alkyl halides is 3. The summed E-state index contributed by atoms with van der Waals surface area (Å²) in [6.07, 6.45) is -2.50. The number of carbonyl (C=O) groups excluding carboxylic acids is 1. The van der Waals surface area contributed by atoms with Crippen molar-refractivity contribution in [3.8, 4) is 0 Å². The first kappa shape index (κ1) is 16.8. The molecule has 1 saturated heterocycles. The van der Waals surface area contributed by atoms with Gasteiger partial charge in [-0.1, -0.05) is 0 Å². The molecule has 0 saturated carbocycles. The highest BCUT2D eigenvalue weighted by molar-refractivity contribution is 5.94. The second kappa shape index (κ2) is 6.95. The van der Waals surface area contributed by atoms with Crippen LogP contribution in [0.5, 0.6) is 0 Å². The van der Waals surface area contributed by atoms with Crippen LogP contribution in [0.3, 0.4) is 0 Å². The maximum absolute atomic E-state index is 12.4. The van der Waals surface area contributed by atoms with Gasteiger partial charge in [-0.05, 0) is 43.7 Å². The van der Waals surface area contributed by atoms with Crippen molar-refractivity contribution in [1.29, 1.82) is 0 Å². The molecular weight excluding hydrogens is 293 g/mol. The van der Waals surface area contributed by atoms with Gasteiger partial charge in [0.15, 0.2) is 0 Å². The Hall–Kier alpha value is -1.27. The zero-order chi connectivity index (χ0) is 13.9. The van der Waals surface area contributed by atoms with E-state index < -0.39 is 11.7 Å². The standard InChI is InChI=1S/C13H15F3N2O.ClH/c14-13(15,16)10-5-3-9(4-6-10)12(19)18-11-2-1-7-17-8-11;/h3-6,11,17H,1-2,7-8H2,(H,18,19);1H. The smallest absolute Gasteiger partial charge is 0.348 e. The second-order valence-electron chi connectivity index (χ2n) is 4.59. The lowest BCUT2D eigenvalue weighted by Crippen LogP contribution is -2.45. The van der Waals surface area contributed by atoms with Crippen molar-refractivity contribution in [1.82, 2.24) is 10.6 Å². The summed E-state index contributed by atoms with van der Waals surface area (Å²) in [5.74, 6) is -0.331. The van der Waals surface area contributed by atoms with E-state index in [-0.39, 0.29) is 29.9 Å². The fourth-order valence-electron chi connectivity index (χ4n) is 2.05. The van der Waals surface area contributed by atoms with Crippen LogP contribution in [0.25, 0.3) is 0 Å². The molecule has 0 radical (unpaired) electrons. The number of benzene rings is 1. The summed E-state index contributed by atoms with van der Waals surface area (Å²) < 4.78 is 37.2. The van der Waals surface area contributed by atoms with E-state index in [9.17, 15) is 18.0 Å². The summed E-state index contributed by atoms with van der Waals surface area (Å²) in [5, 5.41) is 5.97. The summed E-state index contributed by atoms with van der Waals surface area (Å²) in [4.78, 5) is 11.9. The van der Waals surface area contributed by atoms with Gasteiger partial charge in [-0.2, -0.15) is 13.2 Å². The van der Waals surface area contributed by atoms with Crippen molar-refractivity contribution < 1.29 is 18.0 Å². The van der Waals surface area contributed by atoms with Crippen LogP contribution in [0, 0.1) is 0 Å². The van der Waals surface area contributed by atoms with Crippen LogP contribution < -0.4 is 10.6 Å². The highest BCUT2D eigenvalue weighted by Crippen LogP contribution is 2.29. The van der Waals surface area contributed by atoms with Gasteiger partial charge in [0.1, 0.15) is 0 Å². The van der Waals surface area contributed by atoms with Crippen LogP contribution in [0.4, 0.5) is 13.2 Å². The summed E-state index contributed by atoms with van der Waals surface area (Å²) >= 11 is 0. The molecule has 1 aromatic carbocycles. The molecule has 1 aliphatic heterocycles. The van der Waals surface area contributed by atoms with Gasteiger partial charge in [-0.25, -0.2) is 0 Å². The molecule has 0 aromatic heterocycles. The van der Waals surface area contributed by atoms with Gasteiger partial charge in [0.2, 0.25) is 0 Å². The van der Waals surface area contributed by atoms with Crippen molar-refractivity contribution in [2.24, 2.45) is 0 Å². The van der Waals surface area contributed by atoms with Gasteiger partial charge < -0.3 is 10.6 Å².